The standard InChI is InChI=1S/C15H22N2/c16-17-15(9-11-4-5-11)10-12-6-7-13-2-1-3-14(13)8-12/h6-8,11,15,17H,1-5,9-10,16H2. The minimum Gasteiger partial charge on any atom is -0.271 e. The number of hydrazine groups is 1. The van der Waals surface area contributed by atoms with Gasteiger partial charge in [-0.05, 0) is 54.7 Å². The summed E-state index contributed by atoms with van der Waals surface area (Å²) in [6.45, 7) is 0. The van der Waals surface area contributed by atoms with Crippen LogP contribution < -0.4 is 11.3 Å². The van der Waals surface area contributed by atoms with Gasteiger partial charge in [-0.25, -0.2) is 0 Å². The van der Waals surface area contributed by atoms with E-state index in [1.165, 1.54) is 44.1 Å². The van der Waals surface area contributed by atoms with Crippen LogP contribution in [-0.2, 0) is 19.3 Å². The molecule has 2 heteroatoms. The van der Waals surface area contributed by atoms with Gasteiger partial charge in [0.25, 0.3) is 0 Å². The molecule has 1 unspecified atom stereocenters. The highest BCUT2D eigenvalue weighted by Crippen LogP contribution is 2.34. The fraction of sp³-hybridized carbons (Fsp3) is 0.600. The van der Waals surface area contributed by atoms with Gasteiger partial charge in [0.2, 0.25) is 0 Å². The first-order chi connectivity index (χ1) is 8.35. The monoisotopic (exact) mass is 230 g/mol. The van der Waals surface area contributed by atoms with Gasteiger partial charge in [-0.15, -0.1) is 0 Å². The molecule has 0 aliphatic heterocycles. The van der Waals surface area contributed by atoms with Crippen molar-refractivity contribution in [1.29, 1.82) is 0 Å². The Morgan fingerprint density at radius 2 is 2.06 bits per heavy atom. The molecule has 2 aliphatic rings. The van der Waals surface area contributed by atoms with Crippen molar-refractivity contribution in [2.45, 2.75) is 51.0 Å². The lowest BCUT2D eigenvalue weighted by molar-refractivity contribution is 0.466. The molecule has 17 heavy (non-hydrogen) atoms. The Morgan fingerprint density at radius 1 is 1.24 bits per heavy atom. The van der Waals surface area contributed by atoms with Gasteiger partial charge in [-0.3, -0.25) is 11.3 Å². The number of aryl methyl sites for hydroxylation is 2. The summed E-state index contributed by atoms with van der Waals surface area (Å²) in [6, 6.07) is 7.48. The third-order valence-electron chi connectivity index (χ3n) is 4.20. The van der Waals surface area contributed by atoms with Crippen molar-refractivity contribution in [3.63, 3.8) is 0 Å². The van der Waals surface area contributed by atoms with Crippen LogP contribution >= 0.6 is 0 Å². The first-order valence-electron chi connectivity index (χ1n) is 6.92. The first-order valence-corrected chi connectivity index (χ1v) is 6.92. The largest absolute Gasteiger partial charge is 0.271 e. The van der Waals surface area contributed by atoms with E-state index in [-0.39, 0.29) is 0 Å². The van der Waals surface area contributed by atoms with Crippen molar-refractivity contribution in [2.75, 3.05) is 0 Å². The Kier molecular flexibility index (Phi) is 3.17. The molecule has 1 atom stereocenters. The molecule has 3 rings (SSSR count). The summed E-state index contributed by atoms with van der Waals surface area (Å²) in [5.41, 5.74) is 7.58. The number of nitrogens with two attached hydrogens (primary N) is 1. The molecule has 0 amide bonds. The molecule has 2 aliphatic carbocycles. The minimum absolute atomic E-state index is 0.460. The predicted octanol–water partition coefficient (Wildman–Crippen LogP) is 2.35. The molecule has 3 N–H and O–H groups in total. The highest BCUT2D eigenvalue weighted by Gasteiger charge is 2.25. The van der Waals surface area contributed by atoms with E-state index in [1.54, 1.807) is 11.1 Å². The molecule has 0 heterocycles. The van der Waals surface area contributed by atoms with E-state index in [1.807, 2.05) is 0 Å². The van der Waals surface area contributed by atoms with Crippen molar-refractivity contribution >= 4 is 0 Å². The van der Waals surface area contributed by atoms with E-state index in [0.717, 1.165) is 12.3 Å². The van der Waals surface area contributed by atoms with Gasteiger partial charge >= 0.3 is 0 Å². The van der Waals surface area contributed by atoms with E-state index in [4.69, 9.17) is 5.84 Å². The van der Waals surface area contributed by atoms with Crippen molar-refractivity contribution in [2.24, 2.45) is 11.8 Å². The van der Waals surface area contributed by atoms with E-state index in [9.17, 15) is 0 Å². The molecular weight excluding hydrogens is 208 g/mol. The quantitative estimate of drug-likeness (QED) is 0.602. The Bertz CT molecular complexity index is 396. The minimum atomic E-state index is 0.460. The molecule has 92 valence electrons. The maximum absolute atomic E-state index is 5.66. The first kappa shape index (κ1) is 11.2. The fourth-order valence-corrected chi connectivity index (χ4v) is 3.00. The second-order valence-electron chi connectivity index (χ2n) is 5.70. The Labute approximate surface area is 104 Å². The third kappa shape index (κ3) is 2.70. The topological polar surface area (TPSA) is 38.0 Å². The van der Waals surface area contributed by atoms with E-state index >= 15 is 0 Å². The SMILES string of the molecule is NNC(Cc1ccc2c(c1)CCC2)CC1CC1. The Balaban J connectivity index is 1.66. The van der Waals surface area contributed by atoms with E-state index in [0.29, 0.717) is 6.04 Å². The summed E-state index contributed by atoms with van der Waals surface area (Å²) in [5, 5.41) is 0. The third-order valence-corrected chi connectivity index (χ3v) is 4.20. The lowest BCUT2D eigenvalue weighted by Crippen LogP contribution is -2.37. The molecule has 1 aromatic rings. The summed E-state index contributed by atoms with van der Waals surface area (Å²) in [7, 11) is 0. The summed E-state index contributed by atoms with van der Waals surface area (Å²) in [4.78, 5) is 0. The number of fused-ring (bicyclic) bond motifs is 1. The van der Waals surface area contributed by atoms with Crippen molar-refractivity contribution in [1.82, 2.24) is 5.43 Å². The number of hydrogen-bond acceptors (Lipinski definition) is 2. The lowest BCUT2D eigenvalue weighted by Gasteiger charge is -2.16. The molecule has 0 radical (unpaired) electrons. The van der Waals surface area contributed by atoms with Crippen LogP contribution in [0.4, 0.5) is 0 Å². The number of rotatable bonds is 5. The lowest BCUT2D eigenvalue weighted by atomic mass is 9.98. The average Bonchev–Trinajstić information content (AvgIpc) is 3.04. The maximum Gasteiger partial charge on any atom is 0.0253 e. The zero-order chi connectivity index (χ0) is 11.7. The molecule has 2 nitrogen and oxygen atoms in total. The summed E-state index contributed by atoms with van der Waals surface area (Å²) in [6.07, 6.45) is 9.01. The van der Waals surface area contributed by atoms with Crippen LogP contribution in [0.15, 0.2) is 18.2 Å². The van der Waals surface area contributed by atoms with Gasteiger partial charge in [0.1, 0.15) is 0 Å². The van der Waals surface area contributed by atoms with Crippen LogP contribution in [0.1, 0.15) is 42.4 Å². The summed E-state index contributed by atoms with van der Waals surface area (Å²) in [5.74, 6) is 6.60. The predicted molar refractivity (Wildman–Crippen MR) is 70.6 cm³/mol. The van der Waals surface area contributed by atoms with Crippen LogP contribution in [-0.4, -0.2) is 6.04 Å². The molecule has 0 bridgehead atoms. The van der Waals surface area contributed by atoms with Crippen molar-refractivity contribution < 1.29 is 0 Å². The number of hydrogen-bond donors (Lipinski definition) is 2. The molecule has 0 aromatic heterocycles. The molecule has 0 spiro atoms. The van der Waals surface area contributed by atoms with Crippen LogP contribution in [0.2, 0.25) is 0 Å². The van der Waals surface area contributed by atoms with Gasteiger partial charge in [-0.2, -0.15) is 0 Å². The molecular formula is C15H22N2. The fourth-order valence-electron chi connectivity index (χ4n) is 3.00. The van der Waals surface area contributed by atoms with Gasteiger partial charge in [0.15, 0.2) is 0 Å². The van der Waals surface area contributed by atoms with E-state index in [2.05, 4.69) is 23.6 Å². The molecule has 0 saturated heterocycles. The number of benzene rings is 1. The van der Waals surface area contributed by atoms with Crippen LogP contribution in [0.3, 0.4) is 0 Å². The van der Waals surface area contributed by atoms with Gasteiger partial charge in [-0.1, -0.05) is 31.0 Å². The summed E-state index contributed by atoms with van der Waals surface area (Å²) < 4.78 is 0. The van der Waals surface area contributed by atoms with Crippen molar-refractivity contribution in [3.05, 3.63) is 34.9 Å². The van der Waals surface area contributed by atoms with Gasteiger partial charge in [0.05, 0.1) is 0 Å². The molecule has 1 aromatic carbocycles. The second-order valence-corrected chi connectivity index (χ2v) is 5.70. The Morgan fingerprint density at radius 3 is 2.82 bits per heavy atom. The van der Waals surface area contributed by atoms with Gasteiger partial charge in [0, 0.05) is 6.04 Å². The van der Waals surface area contributed by atoms with Crippen LogP contribution in [0.25, 0.3) is 0 Å². The molecule has 1 fully saturated rings. The zero-order valence-electron chi connectivity index (χ0n) is 10.4. The normalized spacial score (nSPS) is 20.3. The number of nitrogens with one attached hydrogen (secondary N) is 1. The van der Waals surface area contributed by atoms with Crippen LogP contribution in [0.5, 0.6) is 0 Å². The van der Waals surface area contributed by atoms with Gasteiger partial charge < -0.3 is 0 Å². The smallest absolute Gasteiger partial charge is 0.0253 e. The second kappa shape index (κ2) is 4.79. The average molecular weight is 230 g/mol. The maximum atomic E-state index is 5.66. The van der Waals surface area contributed by atoms with Crippen LogP contribution in [0, 0.1) is 5.92 Å². The summed E-state index contributed by atoms with van der Waals surface area (Å²) >= 11 is 0. The van der Waals surface area contributed by atoms with Crippen molar-refractivity contribution in [3.8, 4) is 0 Å². The highest BCUT2D eigenvalue weighted by molar-refractivity contribution is 5.35. The highest BCUT2D eigenvalue weighted by atomic mass is 15.2. The zero-order valence-corrected chi connectivity index (χ0v) is 10.4. The Hall–Kier alpha value is -0.860. The molecule has 1 saturated carbocycles. The van der Waals surface area contributed by atoms with E-state index < -0.39 is 0 Å².